The van der Waals surface area contributed by atoms with Gasteiger partial charge in [-0.25, -0.2) is 4.52 Å². The van der Waals surface area contributed by atoms with E-state index in [9.17, 15) is 0 Å². The first-order valence-electron chi connectivity index (χ1n) is 7.18. The van der Waals surface area contributed by atoms with Crippen molar-refractivity contribution in [3.05, 3.63) is 36.5 Å². The van der Waals surface area contributed by atoms with Crippen LogP contribution in [-0.2, 0) is 0 Å². The van der Waals surface area contributed by atoms with Crippen LogP contribution in [0, 0.1) is 0 Å². The Labute approximate surface area is 133 Å². The number of pyridine rings is 1. The predicted molar refractivity (Wildman–Crippen MR) is 87.1 cm³/mol. The first-order valence-corrected chi connectivity index (χ1v) is 7.18. The lowest BCUT2D eigenvalue weighted by Crippen LogP contribution is -2.06. The monoisotopic (exact) mass is 314 g/mol. The van der Waals surface area contributed by atoms with Crippen molar-refractivity contribution in [3.63, 3.8) is 0 Å². The van der Waals surface area contributed by atoms with E-state index in [1.807, 2.05) is 36.5 Å². The van der Waals surface area contributed by atoms with E-state index >= 15 is 0 Å². The molecule has 0 fully saturated rings. The highest BCUT2D eigenvalue weighted by molar-refractivity contribution is 5.68. The van der Waals surface area contributed by atoms with Crippen LogP contribution < -0.4 is 14.8 Å². The van der Waals surface area contributed by atoms with Gasteiger partial charge in [0.1, 0.15) is 0 Å². The first kappa shape index (κ1) is 15.1. The highest BCUT2D eigenvalue weighted by Crippen LogP contribution is 2.32. The summed E-state index contributed by atoms with van der Waals surface area (Å²) < 4.78 is 12.3. The van der Waals surface area contributed by atoms with Gasteiger partial charge in [0, 0.05) is 18.3 Å². The number of fused-ring (bicyclic) bond motifs is 1. The van der Waals surface area contributed by atoms with Crippen molar-refractivity contribution in [2.45, 2.75) is 0 Å². The number of nitrogens with zero attached hydrogens (tertiary/aromatic N) is 3. The summed E-state index contributed by atoms with van der Waals surface area (Å²) in [4.78, 5) is 4.33. The zero-order valence-corrected chi connectivity index (χ0v) is 13.0. The molecule has 2 N–H and O–H groups in total. The molecule has 0 aliphatic rings. The minimum atomic E-state index is 0.0342. The Kier molecular flexibility index (Phi) is 4.29. The summed E-state index contributed by atoms with van der Waals surface area (Å²) in [7, 11) is 3.22. The molecule has 0 bridgehead atoms. The second kappa shape index (κ2) is 6.53. The molecule has 2 aromatic heterocycles. The molecule has 1 aromatic carbocycles. The number of methoxy groups -OCH3 is 2. The van der Waals surface area contributed by atoms with Gasteiger partial charge in [0.2, 0.25) is 5.95 Å². The van der Waals surface area contributed by atoms with Crippen molar-refractivity contribution in [2.75, 3.05) is 32.7 Å². The number of anilines is 1. The van der Waals surface area contributed by atoms with E-state index in [4.69, 9.17) is 14.6 Å². The van der Waals surface area contributed by atoms with Gasteiger partial charge in [-0.15, -0.1) is 5.10 Å². The van der Waals surface area contributed by atoms with E-state index in [0.717, 1.165) is 16.8 Å². The molecular weight excluding hydrogens is 296 g/mol. The number of aliphatic hydroxyl groups excluding tert-OH is 1. The number of aromatic nitrogens is 3. The summed E-state index contributed by atoms with van der Waals surface area (Å²) >= 11 is 0. The lowest BCUT2D eigenvalue weighted by atomic mass is 10.1. The number of hydrogen-bond acceptors (Lipinski definition) is 6. The lowest BCUT2D eigenvalue weighted by Gasteiger charge is -2.09. The molecule has 0 aliphatic carbocycles. The number of benzene rings is 1. The number of aliphatic hydroxyl groups is 1. The fraction of sp³-hybridized carbons (Fsp3) is 0.250. The van der Waals surface area contributed by atoms with Crippen LogP contribution in [0.2, 0.25) is 0 Å². The Bertz CT molecular complexity index is 816. The Morgan fingerprint density at radius 1 is 1.09 bits per heavy atom. The van der Waals surface area contributed by atoms with Crippen molar-refractivity contribution in [2.24, 2.45) is 0 Å². The van der Waals surface area contributed by atoms with Crippen LogP contribution in [0.25, 0.3) is 16.8 Å². The lowest BCUT2D eigenvalue weighted by molar-refractivity contribution is 0.311. The van der Waals surface area contributed by atoms with Gasteiger partial charge in [0.25, 0.3) is 0 Å². The maximum Gasteiger partial charge on any atom is 0.243 e. The van der Waals surface area contributed by atoms with Gasteiger partial charge in [0.05, 0.1) is 20.8 Å². The minimum absolute atomic E-state index is 0.0342. The Balaban J connectivity index is 1.96. The molecule has 120 valence electrons. The van der Waals surface area contributed by atoms with Gasteiger partial charge in [-0.2, -0.15) is 4.98 Å². The molecule has 0 aliphatic heterocycles. The largest absolute Gasteiger partial charge is 0.493 e. The molecule has 0 saturated carbocycles. The van der Waals surface area contributed by atoms with Crippen molar-refractivity contribution >= 4 is 11.6 Å². The molecule has 0 atom stereocenters. The van der Waals surface area contributed by atoms with Gasteiger partial charge in [-0.1, -0.05) is 6.07 Å². The maximum atomic E-state index is 8.84. The third-order valence-electron chi connectivity index (χ3n) is 3.44. The van der Waals surface area contributed by atoms with E-state index in [-0.39, 0.29) is 6.61 Å². The summed E-state index contributed by atoms with van der Waals surface area (Å²) in [6.07, 6.45) is 1.90. The Morgan fingerprint density at radius 3 is 2.61 bits per heavy atom. The summed E-state index contributed by atoms with van der Waals surface area (Å²) in [6, 6.07) is 9.62. The quantitative estimate of drug-likeness (QED) is 0.722. The number of rotatable bonds is 6. The number of nitrogens with one attached hydrogen (secondary N) is 1. The molecular formula is C16H18N4O3. The van der Waals surface area contributed by atoms with Crippen LogP contribution in [0.5, 0.6) is 11.5 Å². The molecule has 23 heavy (non-hydrogen) atoms. The van der Waals surface area contributed by atoms with Gasteiger partial charge in [-0.3, -0.25) is 0 Å². The minimum Gasteiger partial charge on any atom is -0.493 e. The topological polar surface area (TPSA) is 80.9 Å². The van der Waals surface area contributed by atoms with Crippen LogP contribution in [0.3, 0.4) is 0 Å². The number of hydrogen-bond donors (Lipinski definition) is 2. The standard InChI is InChI=1S/C16H18N4O3/c1-22-13-5-3-11(9-14(13)23-2)12-4-6-15-18-16(17-7-8-21)19-20(15)10-12/h3-6,9-10,21H,7-8H2,1-2H3,(H,17,19). The third-order valence-corrected chi connectivity index (χ3v) is 3.44. The van der Waals surface area contributed by atoms with Crippen LogP contribution in [0.1, 0.15) is 0 Å². The first-order chi connectivity index (χ1) is 11.2. The predicted octanol–water partition coefficient (Wildman–Crippen LogP) is 1.82. The maximum absolute atomic E-state index is 8.84. The average molecular weight is 314 g/mol. The SMILES string of the molecule is COc1ccc(-c2ccc3nc(NCCO)nn3c2)cc1OC. The molecule has 7 heteroatoms. The number of ether oxygens (including phenoxy) is 2. The summed E-state index contributed by atoms with van der Waals surface area (Å²) in [5.41, 5.74) is 2.71. The summed E-state index contributed by atoms with van der Waals surface area (Å²) in [6.45, 7) is 0.450. The van der Waals surface area contributed by atoms with E-state index in [1.54, 1.807) is 18.7 Å². The van der Waals surface area contributed by atoms with Crippen LogP contribution in [-0.4, -0.2) is 47.1 Å². The molecule has 0 radical (unpaired) electrons. The summed E-state index contributed by atoms with van der Waals surface area (Å²) in [5.74, 6) is 1.85. The van der Waals surface area contributed by atoms with E-state index in [1.165, 1.54) is 0 Å². The highest BCUT2D eigenvalue weighted by atomic mass is 16.5. The molecule has 3 rings (SSSR count). The Hall–Kier alpha value is -2.80. The Morgan fingerprint density at radius 2 is 1.87 bits per heavy atom. The molecule has 7 nitrogen and oxygen atoms in total. The van der Waals surface area contributed by atoms with Crippen molar-refractivity contribution in [3.8, 4) is 22.6 Å². The van der Waals surface area contributed by atoms with Gasteiger partial charge in [0.15, 0.2) is 17.1 Å². The van der Waals surface area contributed by atoms with Crippen molar-refractivity contribution in [1.29, 1.82) is 0 Å². The van der Waals surface area contributed by atoms with Crippen LogP contribution >= 0.6 is 0 Å². The van der Waals surface area contributed by atoms with Gasteiger partial charge in [-0.05, 0) is 29.8 Å². The second-order valence-electron chi connectivity index (χ2n) is 4.88. The summed E-state index contributed by atoms with van der Waals surface area (Å²) in [5, 5.41) is 16.1. The normalized spacial score (nSPS) is 10.7. The molecule has 2 heterocycles. The van der Waals surface area contributed by atoms with E-state index in [2.05, 4.69) is 15.4 Å². The average Bonchev–Trinajstić information content (AvgIpc) is 3.01. The molecule has 0 spiro atoms. The van der Waals surface area contributed by atoms with Crippen LogP contribution in [0.15, 0.2) is 36.5 Å². The molecule has 3 aromatic rings. The third kappa shape index (κ3) is 3.04. The fourth-order valence-corrected chi connectivity index (χ4v) is 2.31. The molecule has 0 saturated heterocycles. The van der Waals surface area contributed by atoms with Crippen LogP contribution in [0.4, 0.5) is 5.95 Å². The molecule has 0 amide bonds. The van der Waals surface area contributed by atoms with Crippen molar-refractivity contribution < 1.29 is 14.6 Å². The molecule has 0 unspecified atom stereocenters. The van der Waals surface area contributed by atoms with E-state index in [0.29, 0.717) is 24.0 Å². The van der Waals surface area contributed by atoms with E-state index < -0.39 is 0 Å². The highest BCUT2D eigenvalue weighted by Gasteiger charge is 2.08. The zero-order valence-electron chi connectivity index (χ0n) is 13.0. The zero-order chi connectivity index (χ0) is 16.2. The smallest absolute Gasteiger partial charge is 0.243 e. The van der Waals surface area contributed by atoms with Gasteiger partial charge >= 0.3 is 0 Å². The second-order valence-corrected chi connectivity index (χ2v) is 4.88. The fourth-order valence-electron chi connectivity index (χ4n) is 2.31. The van der Waals surface area contributed by atoms with Crippen molar-refractivity contribution in [1.82, 2.24) is 14.6 Å². The van der Waals surface area contributed by atoms with Gasteiger partial charge < -0.3 is 19.9 Å².